The molecule has 1 aliphatic heterocycles. The van der Waals surface area contributed by atoms with Crippen LogP contribution in [0.15, 0.2) is 53.0 Å². The molecule has 4 nitrogen and oxygen atoms in total. The van der Waals surface area contributed by atoms with Gasteiger partial charge in [-0.05, 0) is 52.5 Å². The molecule has 0 saturated carbocycles. The number of aromatic nitrogens is 1. The van der Waals surface area contributed by atoms with Gasteiger partial charge in [-0.2, -0.15) is 5.26 Å². The van der Waals surface area contributed by atoms with Gasteiger partial charge in [-0.15, -0.1) is 0 Å². The van der Waals surface area contributed by atoms with Gasteiger partial charge >= 0.3 is 0 Å². The number of hydrogen-bond donors (Lipinski definition) is 0. The van der Waals surface area contributed by atoms with Crippen molar-refractivity contribution in [1.82, 2.24) is 4.98 Å². The van der Waals surface area contributed by atoms with Crippen LogP contribution in [0, 0.1) is 11.3 Å². The van der Waals surface area contributed by atoms with E-state index in [2.05, 4.69) is 27.0 Å². The molecule has 1 fully saturated rings. The third-order valence-corrected chi connectivity index (χ3v) is 5.74. The normalized spacial score (nSPS) is 14.8. The first-order valence-electron chi connectivity index (χ1n) is 9.04. The molecule has 0 unspecified atom stereocenters. The molecular weight excluding hydrogens is 404 g/mol. The van der Waals surface area contributed by atoms with E-state index in [1.807, 2.05) is 48.5 Å². The maximum atomic E-state index is 9.65. The highest BCUT2D eigenvalue weighted by Crippen LogP contribution is 2.37. The highest BCUT2D eigenvalue weighted by Gasteiger charge is 2.23. The highest BCUT2D eigenvalue weighted by molar-refractivity contribution is 9.10. The summed E-state index contributed by atoms with van der Waals surface area (Å²) >= 11 is 3.73. The zero-order valence-electron chi connectivity index (χ0n) is 14.8. The van der Waals surface area contributed by atoms with Crippen LogP contribution < -0.4 is 4.74 Å². The molecule has 0 atom stereocenters. The van der Waals surface area contributed by atoms with E-state index in [1.165, 1.54) is 0 Å². The maximum Gasteiger partial charge on any atom is 0.148 e. The average molecular weight is 423 g/mol. The first-order valence-corrected chi connectivity index (χ1v) is 9.83. The minimum Gasteiger partial charge on any atom is -0.489 e. The van der Waals surface area contributed by atoms with Crippen molar-refractivity contribution in [3.8, 4) is 11.8 Å². The van der Waals surface area contributed by atoms with Crippen LogP contribution in [0.5, 0.6) is 5.75 Å². The van der Waals surface area contributed by atoms with Gasteiger partial charge in [-0.1, -0.05) is 30.3 Å². The Hall–Kier alpha value is -2.42. The largest absolute Gasteiger partial charge is 0.489 e. The quantitative estimate of drug-likeness (QED) is 0.568. The maximum absolute atomic E-state index is 9.65. The molecule has 0 radical (unpaired) electrons. The molecule has 0 aliphatic carbocycles. The second-order valence-electron chi connectivity index (χ2n) is 6.64. The van der Waals surface area contributed by atoms with E-state index in [9.17, 15) is 5.26 Å². The van der Waals surface area contributed by atoms with Gasteiger partial charge in [0.25, 0.3) is 0 Å². The molecule has 0 bridgehead atoms. The predicted molar refractivity (Wildman–Crippen MR) is 108 cm³/mol. The van der Waals surface area contributed by atoms with E-state index in [4.69, 9.17) is 9.47 Å². The number of rotatable bonds is 4. The van der Waals surface area contributed by atoms with Crippen molar-refractivity contribution in [2.75, 3.05) is 13.2 Å². The Balaban J connectivity index is 1.67. The van der Waals surface area contributed by atoms with Crippen molar-refractivity contribution in [1.29, 1.82) is 5.26 Å². The third kappa shape index (κ3) is 3.83. The Bertz CT molecular complexity index is 993. The molecule has 0 spiro atoms. The number of ether oxygens (including phenoxy) is 2. The monoisotopic (exact) mass is 422 g/mol. The van der Waals surface area contributed by atoms with Crippen LogP contribution in [-0.2, 0) is 11.3 Å². The fourth-order valence-corrected chi connectivity index (χ4v) is 4.19. The highest BCUT2D eigenvalue weighted by atomic mass is 79.9. The van der Waals surface area contributed by atoms with Crippen molar-refractivity contribution in [3.05, 3.63) is 70.0 Å². The lowest BCUT2D eigenvalue weighted by Gasteiger charge is -2.23. The Kier molecular flexibility index (Phi) is 5.38. The number of fused-ring (bicyclic) bond motifs is 1. The number of nitriles is 1. The Morgan fingerprint density at radius 3 is 2.63 bits per heavy atom. The van der Waals surface area contributed by atoms with Gasteiger partial charge in [-0.3, -0.25) is 0 Å². The zero-order valence-corrected chi connectivity index (χ0v) is 16.4. The first-order chi connectivity index (χ1) is 13.3. The molecule has 1 aromatic heterocycles. The summed E-state index contributed by atoms with van der Waals surface area (Å²) in [4.78, 5) is 4.68. The summed E-state index contributed by atoms with van der Waals surface area (Å²) in [6.45, 7) is 1.97. The average Bonchev–Trinajstić information content (AvgIpc) is 2.74. The van der Waals surface area contributed by atoms with Gasteiger partial charge < -0.3 is 9.47 Å². The molecule has 1 aliphatic rings. The van der Waals surface area contributed by atoms with E-state index in [1.54, 1.807) is 0 Å². The molecule has 136 valence electrons. The number of halogens is 1. The molecule has 1 saturated heterocycles. The lowest BCUT2D eigenvalue weighted by molar-refractivity contribution is 0.0844. The molecule has 0 amide bonds. The summed E-state index contributed by atoms with van der Waals surface area (Å²) in [7, 11) is 0. The molecule has 2 aromatic carbocycles. The third-order valence-electron chi connectivity index (χ3n) is 4.90. The lowest BCUT2D eigenvalue weighted by Crippen LogP contribution is -2.16. The van der Waals surface area contributed by atoms with Crippen molar-refractivity contribution >= 4 is 26.7 Å². The van der Waals surface area contributed by atoms with E-state index >= 15 is 0 Å². The van der Waals surface area contributed by atoms with Gasteiger partial charge in [-0.25, -0.2) is 4.98 Å². The molecule has 0 N–H and O–H groups in total. The number of benzene rings is 2. The molecule has 27 heavy (non-hydrogen) atoms. The predicted octanol–water partition coefficient (Wildman–Crippen LogP) is 5.34. The molecule has 3 aromatic rings. The minimum absolute atomic E-state index is 0.318. The first kappa shape index (κ1) is 18.0. The second-order valence-corrected chi connectivity index (χ2v) is 7.43. The van der Waals surface area contributed by atoms with E-state index in [0.29, 0.717) is 18.2 Å². The van der Waals surface area contributed by atoms with Gasteiger partial charge in [0.1, 0.15) is 24.1 Å². The minimum atomic E-state index is 0.318. The Morgan fingerprint density at radius 2 is 1.89 bits per heavy atom. The molecular formula is C22H19BrN2O2. The summed E-state index contributed by atoms with van der Waals surface area (Å²) in [5.41, 5.74) is 2.51. The Labute approximate surface area is 166 Å². The van der Waals surface area contributed by atoms with Crippen molar-refractivity contribution in [2.24, 2.45) is 0 Å². The Morgan fingerprint density at radius 1 is 1.11 bits per heavy atom. The number of hydrogen-bond acceptors (Lipinski definition) is 4. The fraction of sp³-hybridized carbons (Fsp3) is 0.273. The molecule has 2 heterocycles. The van der Waals surface area contributed by atoms with Crippen molar-refractivity contribution in [2.45, 2.75) is 25.4 Å². The van der Waals surface area contributed by atoms with Crippen molar-refractivity contribution in [3.63, 3.8) is 0 Å². The van der Waals surface area contributed by atoms with Crippen LogP contribution in [0.1, 0.15) is 35.7 Å². The van der Waals surface area contributed by atoms with Crippen LogP contribution in [0.4, 0.5) is 0 Å². The van der Waals surface area contributed by atoms with Gasteiger partial charge in [0, 0.05) is 34.4 Å². The van der Waals surface area contributed by atoms with E-state index in [-0.39, 0.29) is 0 Å². The lowest BCUT2D eigenvalue weighted by atomic mass is 9.94. The van der Waals surface area contributed by atoms with Crippen LogP contribution in [0.3, 0.4) is 0 Å². The standard InChI is InChI=1S/C22H19BrN2O2/c23-21-18-7-6-17(27-14-15-4-2-1-3-5-15)12-19(18)20(13-24)25-22(21)16-8-10-26-11-9-16/h1-7,12,16H,8-11,14H2. The summed E-state index contributed by atoms with van der Waals surface area (Å²) in [6, 6.07) is 18.1. The topological polar surface area (TPSA) is 55.1 Å². The van der Waals surface area contributed by atoms with Crippen molar-refractivity contribution < 1.29 is 9.47 Å². The molecule has 5 heteroatoms. The van der Waals surface area contributed by atoms with Crippen LogP contribution in [0.2, 0.25) is 0 Å². The summed E-state index contributed by atoms with van der Waals surface area (Å²) in [5, 5.41) is 11.5. The summed E-state index contributed by atoms with van der Waals surface area (Å²) < 4.78 is 12.3. The van der Waals surface area contributed by atoms with Crippen LogP contribution in [-0.4, -0.2) is 18.2 Å². The van der Waals surface area contributed by atoms with Crippen LogP contribution in [0.25, 0.3) is 10.8 Å². The summed E-state index contributed by atoms with van der Waals surface area (Å²) in [6.07, 6.45) is 1.86. The van der Waals surface area contributed by atoms with E-state index < -0.39 is 0 Å². The molecule has 4 rings (SSSR count). The van der Waals surface area contributed by atoms with Gasteiger partial charge in [0.05, 0.1) is 5.69 Å². The SMILES string of the molecule is N#Cc1nc(C2CCOCC2)c(Br)c2ccc(OCc3ccccc3)cc12. The zero-order chi connectivity index (χ0) is 18.6. The number of pyridine rings is 1. The van der Waals surface area contributed by atoms with E-state index in [0.717, 1.165) is 58.3 Å². The smallest absolute Gasteiger partial charge is 0.148 e. The van der Waals surface area contributed by atoms with Gasteiger partial charge in [0.2, 0.25) is 0 Å². The second kappa shape index (κ2) is 8.08. The number of nitrogens with zero attached hydrogens (tertiary/aromatic N) is 2. The fourth-order valence-electron chi connectivity index (χ4n) is 3.44. The van der Waals surface area contributed by atoms with Gasteiger partial charge in [0.15, 0.2) is 0 Å². The van der Waals surface area contributed by atoms with Crippen LogP contribution >= 0.6 is 15.9 Å². The summed E-state index contributed by atoms with van der Waals surface area (Å²) in [5.74, 6) is 1.05.